The Morgan fingerprint density at radius 3 is 1.05 bits per heavy atom. The Morgan fingerprint density at radius 1 is 0.450 bits per heavy atom. The summed E-state index contributed by atoms with van der Waals surface area (Å²) in [4.78, 5) is 0. The molecule has 12 bridgehead atoms. The third-order valence-corrected chi connectivity index (χ3v) is 13.7. The van der Waals surface area contributed by atoms with Crippen LogP contribution in [0.15, 0.2) is 24.3 Å². The molecule has 0 aromatic heterocycles. The molecule has 12 N–H and O–H groups in total. The lowest BCUT2D eigenvalue weighted by Gasteiger charge is -2.59. The van der Waals surface area contributed by atoms with Crippen molar-refractivity contribution in [3.63, 3.8) is 0 Å². The topological polar surface area (TPSA) is 156 Å². The minimum atomic E-state index is -0.0959. The summed E-state index contributed by atoms with van der Waals surface area (Å²) in [7, 11) is 0. The second kappa shape index (κ2) is 8.68. The average molecular weight is 569 g/mol. The van der Waals surface area contributed by atoms with Gasteiger partial charge in [0.05, 0.1) is 0 Å². The van der Waals surface area contributed by atoms with Crippen LogP contribution in [0.3, 0.4) is 0 Å². The van der Waals surface area contributed by atoms with Crippen LogP contribution in [0.5, 0.6) is 0 Å². The zero-order chi connectivity index (χ0) is 27.1. The van der Waals surface area contributed by atoms with E-state index in [4.69, 9.17) is 34.4 Å². The molecule has 10 fully saturated rings. The molecule has 0 heterocycles. The van der Waals surface area contributed by atoms with Crippen molar-refractivity contribution in [1.82, 2.24) is 0 Å². The van der Waals surface area contributed by atoms with E-state index in [0.717, 1.165) is 55.8 Å². The van der Waals surface area contributed by atoms with Gasteiger partial charge in [-0.25, -0.2) is 0 Å². The van der Waals surface area contributed by atoms with E-state index in [2.05, 4.69) is 24.3 Å². The van der Waals surface area contributed by atoms with Crippen molar-refractivity contribution in [1.29, 1.82) is 0 Å². The van der Waals surface area contributed by atoms with E-state index in [1.165, 1.54) is 75.3 Å². The van der Waals surface area contributed by atoms with Gasteiger partial charge in [0.1, 0.15) is 0 Å². The molecule has 0 saturated heterocycles. The van der Waals surface area contributed by atoms with E-state index in [1.807, 2.05) is 0 Å². The van der Waals surface area contributed by atoms with Crippen molar-refractivity contribution in [2.45, 2.75) is 141 Å². The first-order chi connectivity index (χ1) is 18.3. The molecule has 0 aliphatic heterocycles. The second-order valence-corrected chi connectivity index (χ2v) is 16.9. The van der Waals surface area contributed by atoms with Crippen LogP contribution >= 0.6 is 12.4 Å². The molecule has 0 spiro atoms. The van der Waals surface area contributed by atoms with Crippen LogP contribution in [-0.2, 0) is 0 Å². The lowest BCUT2D eigenvalue weighted by molar-refractivity contribution is -0.0173. The van der Waals surface area contributed by atoms with Gasteiger partial charge in [-0.1, -0.05) is 24.3 Å². The van der Waals surface area contributed by atoms with Crippen molar-refractivity contribution >= 4 is 12.4 Å². The third kappa shape index (κ3) is 4.03. The molecule has 12 aliphatic rings. The highest BCUT2D eigenvalue weighted by Gasteiger charge is 2.64. The molecule has 10 saturated carbocycles. The first-order valence-corrected chi connectivity index (χ1v) is 16.1. The van der Waals surface area contributed by atoms with E-state index >= 15 is 0 Å². The van der Waals surface area contributed by atoms with E-state index in [-0.39, 0.29) is 45.6 Å². The summed E-state index contributed by atoms with van der Waals surface area (Å²) in [6.07, 6.45) is 18.1. The lowest BCUT2D eigenvalue weighted by atomic mass is 9.50. The average Bonchev–Trinajstić information content (AvgIpc) is 3.26. The Labute approximate surface area is 246 Å². The predicted molar refractivity (Wildman–Crippen MR) is 164 cm³/mol. The maximum Gasteiger partial charge on any atom is 0.0349 e. The fourth-order valence-electron chi connectivity index (χ4n) is 13.0. The Bertz CT molecular complexity index is 1060. The van der Waals surface area contributed by atoms with Crippen LogP contribution in [0, 0.1) is 23.7 Å². The van der Waals surface area contributed by atoms with Gasteiger partial charge in [0.15, 0.2) is 0 Å². The van der Waals surface area contributed by atoms with Crippen LogP contribution in [0.1, 0.15) is 119 Å². The molecule has 6 nitrogen and oxygen atoms in total. The zero-order valence-electron chi connectivity index (χ0n) is 24.3. The maximum absolute atomic E-state index is 6.57. The molecule has 1 aromatic rings. The van der Waals surface area contributed by atoms with E-state index in [9.17, 15) is 0 Å². The largest absolute Gasteiger partial charge is 0.325 e. The summed E-state index contributed by atoms with van der Waals surface area (Å²) < 4.78 is 0. The molecule has 0 unspecified atom stereocenters. The molecule has 0 atom stereocenters. The number of nitrogens with two attached hydrogens (primary N) is 6. The van der Waals surface area contributed by atoms with Crippen molar-refractivity contribution < 1.29 is 0 Å². The second-order valence-electron chi connectivity index (χ2n) is 16.9. The van der Waals surface area contributed by atoms with Crippen molar-refractivity contribution in [2.24, 2.45) is 58.1 Å². The molecular weight excluding hydrogens is 516 g/mol. The Hall–Kier alpha value is -0.730. The van der Waals surface area contributed by atoms with E-state index in [0.29, 0.717) is 11.8 Å². The van der Waals surface area contributed by atoms with Gasteiger partial charge in [0.2, 0.25) is 0 Å². The highest BCUT2D eigenvalue weighted by Crippen LogP contribution is 2.62. The molecule has 222 valence electrons. The van der Waals surface area contributed by atoms with Crippen LogP contribution in [0.2, 0.25) is 0 Å². The van der Waals surface area contributed by atoms with Crippen LogP contribution in [0.4, 0.5) is 0 Å². The molecule has 13 rings (SSSR count). The van der Waals surface area contributed by atoms with Gasteiger partial charge in [0, 0.05) is 33.2 Å². The van der Waals surface area contributed by atoms with Crippen molar-refractivity contribution in [3.05, 3.63) is 35.4 Å². The maximum atomic E-state index is 6.57. The van der Waals surface area contributed by atoms with Gasteiger partial charge in [-0.2, -0.15) is 0 Å². The van der Waals surface area contributed by atoms with Gasteiger partial charge in [0.25, 0.3) is 0 Å². The number of benzene rings is 1. The first-order valence-electron chi connectivity index (χ1n) is 16.1. The zero-order valence-corrected chi connectivity index (χ0v) is 25.1. The fraction of sp³-hybridized carbons (Fsp3) is 0.818. The third-order valence-electron chi connectivity index (χ3n) is 13.7. The molecule has 7 heteroatoms. The first kappa shape index (κ1) is 28.1. The normalized spacial score (nSPS) is 56.1. The van der Waals surface area contributed by atoms with Crippen LogP contribution in [0.25, 0.3) is 0 Å². The van der Waals surface area contributed by atoms with Crippen molar-refractivity contribution in [3.8, 4) is 0 Å². The highest BCUT2D eigenvalue weighted by atomic mass is 35.5. The minimum absolute atomic E-state index is 0. The summed E-state index contributed by atoms with van der Waals surface area (Å²) in [6, 6.07) is 8.88. The van der Waals surface area contributed by atoms with Crippen LogP contribution in [-0.4, -0.2) is 33.2 Å². The summed E-state index contributed by atoms with van der Waals surface area (Å²) in [6.45, 7) is 0. The van der Waals surface area contributed by atoms with E-state index < -0.39 is 0 Å². The monoisotopic (exact) mass is 568 g/mol. The van der Waals surface area contributed by atoms with Gasteiger partial charge in [-0.15, -0.1) is 12.4 Å². The number of hydrogen-bond donors (Lipinski definition) is 6. The summed E-state index contributed by atoms with van der Waals surface area (Å²) in [5.41, 5.74) is 41.6. The summed E-state index contributed by atoms with van der Waals surface area (Å²) in [5.74, 6) is 4.69. The van der Waals surface area contributed by atoms with Gasteiger partial charge in [-0.05, 0) is 143 Å². The Balaban J connectivity index is 0.000000100. The highest BCUT2D eigenvalue weighted by molar-refractivity contribution is 5.85. The summed E-state index contributed by atoms with van der Waals surface area (Å²) in [5, 5.41) is 0. The molecule has 12 aliphatic carbocycles. The van der Waals surface area contributed by atoms with Crippen LogP contribution < -0.4 is 34.4 Å². The predicted octanol–water partition coefficient (Wildman–Crippen LogP) is 3.87. The van der Waals surface area contributed by atoms with E-state index in [1.54, 1.807) is 0 Å². The number of rotatable bonds is 0. The van der Waals surface area contributed by atoms with Crippen molar-refractivity contribution in [2.75, 3.05) is 0 Å². The fourth-order valence-corrected chi connectivity index (χ4v) is 13.0. The minimum Gasteiger partial charge on any atom is -0.325 e. The quantitative estimate of drug-likeness (QED) is 0.279. The molecule has 0 amide bonds. The Kier molecular flexibility index (Phi) is 6.09. The molecule has 40 heavy (non-hydrogen) atoms. The number of hydrogen-bond acceptors (Lipinski definition) is 6. The van der Waals surface area contributed by atoms with Gasteiger partial charge < -0.3 is 34.4 Å². The lowest BCUT2D eigenvalue weighted by Crippen LogP contribution is -2.66. The molecule has 0 radical (unpaired) electrons. The SMILES string of the molecule is Cl.NC12CC3CC(C1)CC(N)(C3)C2.NC12CC3CC(C1)CC2(N)C3.NC12CC3CC1(N)CC(C2)c1ccccc13. The standard InChI is InChI=1S/C14H18N2.C10H18N2.C9H16N2.ClH/c15-13-5-9-6-14(13,16)8-10(7-13)12-4-2-1-3-11(9)12;11-9-2-7-1-8(4-9)5-10(12,3-7)6-9;10-8-2-6-1-7(4-8)5-9(8,11)3-6;/h1-4,9-10H,5-8,15-16H2;7-8H,1-6,11-12H2;6-7H,1-5,10-11H2;1H. The van der Waals surface area contributed by atoms with Gasteiger partial charge >= 0.3 is 0 Å². The molecular formula is C33H53ClN6. The Morgan fingerprint density at radius 2 is 0.750 bits per heavy atom. The van der Waals surface area contributed by atoms with Gasteiger partial charge in [-0.3, -0.25) is 0 Å². The smallest absolute Gasteiger partial charge is 0.0349 e. The molecule has 1 aromatic carbocycles. The summed E-state index contributed by atoms with van der Waals surface area (Å²) >= 11 is 0. The number of halogens is 1.